The summed E-state index contributed by atoms with van der Waals surface area (Å²) < 4.78 is 4.15. The minimum Gasteiger partial charge on any atom is -1.00 e. The summed E-state index contributed by atoms with van der Waals surface area (Å²) in [6.45, 7) is -0.724. The van der Waals surface area contributed by atoms with Gasteiger partial charge in [-0.25, -0.2) is 4.79 Å². The molecule has 10 nitrogen and oxygen atoms in total. The van der Waals surface area contributed by atoms with E-state index in [1.165, 1.54) is 0 Å². The number of hydrogen-bond acceptors (Lipinski definition) is 4. The van der Waals surface area contributed by atoms with Crippen LogP contribution >= 0.6 is 0 Å². The van der Waals surface area contributed by atoms with Crippen molar-refractivity contribution in [3.8, 4) is 0 Å². The Morgan fingerprint density at radius 1 is 0.789 bits per heavy atom. The molecule has 0 amide bonds. The van der Waals surface area contributed by atoms with Gasteiger partial charge < -0.3 is 41.1 Å². The normalized spacial score (nSPS) is 5.68. The molecule has 0 atom stereocenters. The van der Waals surface area contributed by atoms with Crippen molar-refractivity contribution in [2.45, 2.75) is 12.8 Å². The van der Waals surface area contributed by atoms with E-state index in [9.17, 15) is 14.4 Å². The molecule has 0 fully saturated rings. The Hall–Kier alpha value is 1.25. The van der Waals surface area contributed by atoms with E-state index in [-0.39, 0.29) is 128 Å². The number of carboxylic acid groups (broad SMARTS) is 2. The summed E-state index contributed by atoms with van der Waals surface area (Å²) in [4.78, 5) is 30.3. The first-order valence-corrected chi connectivity index (χ1v) is 3.11. The largest absolute Gasteiger partial charge is 1.00 e. The van der Waals surface area contributed by atoms with Gasteiger partial charge in [0, 0.05) is 0 Å². The fraction of sp³-hybridized carbons (Fsp3) is 0.500. The minimum atomic E-state index is -1.27. The first kappa shape index (κ1) is 50.0. The molecule has 0 aliphatic heterocycles. The SMILES string of the molecule is O.O.O.O.O=C(O)CCC(=O)OCC(=O)O.[H-].[H-].[H-].[Na+].[Na+].[Na+]. The summed E-state index contributed by atoms with van der Waals surface area (Å²) in [5, 5.41) is 16.2. The van der Waals surface area contributed by atoms with Crippen molar-refractivity contribution < 1.29 is 144 Å². The molecule has 0 rings (SSSR count). The first-order chi connectivity index (χ1) is 5.52. The van der Waals surface area contributed by atoms with Crippen LogP contribution in [0.5, 0.6) is 0 Å². The maximum atomic E-state index is 10.5. The average Bonchev–Trinajstić information content (AvgIpc) is 1.96. The zero-order valence-corrected chi connectivity index (χ0v) is 17.1. The second-order valence-electron chi connectivity index (χ2n) is 1.95. The third kappa shape index (κ3) is 45.3. The molecule has 0 aromatic rings. The van der Waals surface area contributed by atoms with Gasteiger partial charge in [-0.05, 0) is 0 Å². The van der Waals surface area contributed by atoms with E-state index in [2.05, 4.69) is 4.74 Å². The average molecular weight is 320 g/mol. The summed E-state index contributed by atoms with van der Waals surface area (Å²) in [7, 11) is 0. The maximum absolute atomic E-state index is 10.5. The number of rotatable bonds is 5. The van der Waals surface area contributed by atoms with Gasteiger partial charge in [-0.3, -0.25) is 9.59 Å². The molecule has 0 aliphatic carbocycles. The smallest absolute Gasteiger partial charge is 1.00 e. The molecule has 0 aromatic carbocycles. The number of hydrogen-bond donors (Lipinski definition) is 2. The summed E-state index contributed by atoms with van der Waals surface area (Å²) in [5.41, 5.74) is 0. The Kier molecular flexibility index (Phi) is 83.1. The predicted molar refractivity (Wildman–Crippen MR) is 53.3 cm³/mol. The van der Waals surface area contributed by atoms with Crippen LogP contribution in [0.2, 0.25) is 0 Å². The van der Waals surface area contributed by atoms with Crippen LogP contribution in [0.25, 0.3) is 0 Å². The van der Waals surface area contributed by atoms with E-state index < -0.39 is 24.5 Å². The summed E-state index contributed by atoms with van der Waals surface area (Å²) in [5.74, 6) is -3.21. The van der Waals surface area contributed by atoms with Crippen LogP contribution < -0.4 is 88.7 Å². The number of esters is 1. The van der Waals surface area contributed by atoms with Gasteiger partial charge in [-0.1, -0.05) is 0 Å². The molecule has 19 heavy (non-hydrogen) atoms. The molecule has 0 spiro atoms. The van der Waals surface area contributed by atoms with Crippen molar-refractivity contribution >= 4 is 17.9 Å². The Morgan fingerprint density at radius 3 is 1.42 bits per heavy atom. The third-order valence-corrected chi connectivity index (χ3v) is 0.900. The Balaban J connectivity index is -0.0000000134. The summed E-state index contributed by atoms with van der Waals surface area (Å²) >= 11 is 0. The van der Waals surface area contributed by atoms with Crippen molar-refractivity contribution in [3.05, 3.63) is 0 Å². The number of carbonyl (C=O) groups excluding carboxylic acids is 1. The summed E-state index contributed by atoms with van der Waals surface area (Å²) in [6.07, 6.45) is -0.652. The fourth-order valence-corrected chi connectivity index (χ4v) is 0.423. The third-order valence-electron chi connectivity index (χ3n) is 0.900. The van der Waals surface area contributed by atoms with Crippen molar-refractivity contribution in [3.63, 3.8) is 0 Å². The van der Waals surface area contributed by atoms with Gasteiger partial charge in [0.15, 0.2) is 6.61 Å². The second-order valence-corrected chi connectivity index (χ2v) is 1.95. The summed E-state index contributed by atoms with van der Waals surface area (Å²) in [6, 6.07) is 0. The standard InChI is InChI=1S/C6H8O6.3Na.4H2O.3H/c7-4(8)1-2-6(11)12-3-5(9)10;;;;;;;;;;/h1-3H2,(H,7,8)(H,9,10);;;;4*1H2;;;/q;3*+1;;;;;3*-1. The molecular weight excluding hydrogens is 301 g/mol. The Labute approximate surface area is 179 Å². The predicted octanol–water partition coefficient (Wildman–Crippen LogP) is -12.5. The van der Waals surface area contributed by atoms with E-state index in [1.807, 2.05) is 0 Å². The van der Waals surface area contributed by atoms with Gasteiger partial charge in [-0.2, -0.15) is 0 Å². The van der Waals surface area contributed by atoms with Crippen molar-refractivity contribution in [2.24, 2.45) is 0 Å². The van der Waals surface area contributed by atoms with Crippen LogP contribution in [0.3, 0.4) is 0 Å². The van der Waals surface area contributed by atoms with E-state index in [0.29, 0.717) is 0 Å². The number of carbonyl (C=O) groups is 3. The van der Waals surface area contributed by atoms with Crippen molar-refractivity contribution in [1.82, 2.24) is 0 Å². The molecule has 0 bridgehead atoms. The molecule has 10 N–H and O–H groups in total. The second kappa shape index (κ2) is 31.6. The van der Waals surface area contributed by atoms with Crippen LogP contribution in [0.15, 0.2) is 0 Å². The van der Waals surface area contributed by atoms with Crippen LogP contribution in [0.1, 0.15) is 17.1 Å². The molecule has 0 saturated heterocycles. The van der Waals surface area contributed by atoms with Crippen LogP contribution in [-0.4, -0.2) is 56.6 Å². The van der Waals surface area contributed by atoms with Crippen LogP contribution in [0, 0.1) is 0 Å². The van der Waals surface area contributed by atoms with E-state index in [1.54, 1.807) is 0 Å². The van der Waals surface area contributed by atoms with Gasteiger partial charge >= 0.3 is 107 Å². The topological polar surface area (TPSA) is 227 Å². The minimum absolute atomic E-state index is 0. The van der Waals surface area contributed by atoms with Gasteiger partial charge in [0.1, 0.15) is 0 Å². The molecule has 0 heterocycles. The maximum Gasteiger partial charge on any atom is 1.00 e. The van der Waals surface area contributed by atoms with E-state index in [4.69, 9.17) is 10.2 Å². The van der Waals surface area contributed by atoms with Gasteiger partial charge in [0.05, 0.1) is 12.8 Å². The number of ether oxygens (including phenoxy) is 1. The molecule has 0 radical (unpaired) electrons. The zero-order valence-electron chi connectivity index (χ0n) is 14.1. The molecule has 106 valence electrons. The molecule has 0 unspecified atom stereocenters. The first-order valence-electron chi connectivity index (χ1n) is 3.11. The van der Waals surface area contributed by atoms with Gasteiger partial charge in [0.25, 0.3) is 0 Å². The van der Waals surface area contributed by atoms with Crippen LogP contribution in [0.4, 0.5) is 0 Å². The Morgan fingerprint density at radius 2 is 1.16 bits per heavy atom. The monoisotopic (exact) mass is 320 g/mol. The van der Waals surface area contributed by atoms with Crippen molar-refractivity contribution in [1.29, 1.82) is 0 Å². The Bertz CT molecular complexity index is 204. The molecule has 0 aliphatic rings. The fourth-order valence-electron chi connectivity index (χ4n) is 0.423. The van der Waals surface area contributed by atoms with Crippen molar-refractivity contribution in [2.75, 3.05) is 6.61 Å². The van der Waals surface area contributed by atoms with E-state index in [0.717, 1.165) is 0 Å². The number of carboxylic acids is 2. The van der Waals surface area contributed by atoms with Gasteiger partial charge in [-0.15, -0.1) is 0 Å². The van der Waals surface area contributed by atoms with Gasteiger partial charge in [0.2, 0.25) is 0 Å². The molecule has 0 aromatic heterocycles. The molecule has 0 saturated carbocycles. The zero-order chi connectivity index (χ0) is 9.56. The molecular formula is C6H19Na3O10. The van der Waals surface area contributed by atoms with Crippen LogP contribution in [-0.2, 0) is 19.1 Å². The van der Waals surface area contributed by atoms with E-state index >= 15 is 0 Å². The quantitative estimate of drug-likeness (QED) is 0.368. The number of aliphatic carboxylic acids is 2. The molecule has 13 heteroatoms.